The lowest BCUT2D eigenvalue weighted by Gasteiger charge is -2.36. The van der Waals surface area contributed by atoms with E-state index in [4.69, 9.17) is 9.47 Å². The molecule has 10 nitrogen and oxygen atoms in total. The van der Waals surface area contributed by atoms with Gasteiger partial charge in [0, 0.05) is 61.9 Å². The molecule has 2 aromatic rings. The van der Waals surface area contributed by atoms with Crippen LogP contribution in [-0.2, 0) is 10.9 Å². The molecule has 2 heterocycles. The topological polar surface area (TPSA) is 110 Å². The molecule has 2 saturated carbocycles. The average Bonchev–Trinajstić information content (AvgIpc) is 3.47. The first-order valence-corrected chi connectivity index (χ1v) is 14.1. The second kappa shape index (κ2) is 12.4. The van der Waals surface area contributed by atoms with E-state index in [2.05, 4.69) is 15.2 Å². The number of pyridine rings is 1. The largest absolute Gasteiger partial charge is 0.474 e. The number of nitro groups is 1. The Labute approximate surface area is 236 Å². The minimum atomic E-state index is -4.82. The van der Waals surface area contributed by atoms with Gasteiger partial charge in [0.25, 0.3) is 5.69 Å². The molecule has 222 valence electrons. The van der Waals surface area contributed by atoms with Gasteiger partial charge in [-0.3, -0.25) is 10.1 Å². The van der Waals surface area contributed by atoms with E-state index in [1.165, 1.54) is 6.07 Å². The number of carbonyl (C=O) groups excluding carboxylic acids is 1. The Balaban J connectivity index is 1.09. The Bertz CT molecular complexity index is 1220. The first-order valence-electron chi connectivity index (χ1n) is 14.1. The fourth-order valence-electron chi connectivity index (χ4n) is 5.77. The van der Waals surface area contributed by atoms with Gasteiger partial charge in [0.1, 0.15) is 17.8 Å². The summed E-state index contributed by atoms with van der Waals surface area (Å²) in [6.45, 7) is 2.53. The first-order chi connectivity index (χ1) is 19.7. The number of nitrogens with zero attached hydrogens (tertiary/aromatic N) is 4. The number of alkyl halides is 3. The number of ether oxygens (including phenoxy) is 2. The lowest BCUT2D eigenvalue weighted by molar-refractivity contribution is -0.388. The SMILES string of the molecule is O=C(OC1CCCC1)N1CCN(c2ccnc(O[C@H]3CC[C@H](Nc4ccc([N+](=O)[O-])c(C(F)(F)F)c4)CC3)c2)CC1. The molecular weight excluding hydrogens is 543 g/mol. The molecule has 1 aromatic heterocycles. The summed E-state index contributed by atoms with van der Waals surface area (Å²) in [5.74, 6) is 0.507. The maximum atomic E-state index is 13.3. The number of hydrogen-bond donors (Lipinski definition) is 1. The van der Waals surface area contributed by atoms with Crippen molar-refractivity contribution >= 4 is 23.2 Å². The van der Waals surface area contributed by atoms with Crippen LogP contribution in [0.4, 0.5) is 35.0 Å². The molecule has 13 heteroatoms. The molecule has 5 rings (SSSR count). The number of piperazine rings is 1. The van der Waals surface area contributed by atoms with Crippen molar-refractivity contribution in [2.45, 2.75) is 75.8 Å². The summed E-state index contributed by atoms with van der Waals surface area (Å²) < 4.78 is 51.7. The van der Waals surface area contributed by atoms with E-state index < -0.39 is 22.4 Å². The van der Waals surface area contributed by atoms with E-state index >= 15 is 0 Å². The van der Waals surface area contributed by atoms with E-state index in [1.807, 2.05) is 12.1 Å². The van der Waals surface area contributed by atoms with Crippen molar-refractivity contribution < 1.29 is 32.4 Å². The third kappa shape index (κ3) is 7.31. The van der Waals surface area contributed by atoms with Crippen molar-refractivity contribution in [2.75, 3.05) is 36.4 Å². The van der Waals surface area contributed by atoms with Gasteiger partial charge in [-0.2, -0.15) is 13.2 Å². The zero-order valence-electron chi connectivity index (χ0n) is 22.6. The summed E-state index contributed by atoms with van der Waals surface area (Å²) in [4.78, 5) is 30.8. The Kier molecular flexibility index (Phi) is 8.69. The van der Waals surface area contributed by atoms with Gasteiger partial charge in [-0.1, -0.05) is 0 Å². The predicted octanol–water partition coefficient (Wildman–Crippen LogP) is 6.01. The second-order valence-electron chi connectivity index (χ2n) is 10.8. The number of hydrogen-bond acceptors (Lipinski definition) is 8. The minimum Gasteiger partial charge on any atom is -0.474 e. The molecule has 1 N–H and O–H groups in total. The van der Waals surface area contributed by atoms with Gasteiger partial charge >= 0.3 is 12.3 Å². The second-order valence-corrected chi connectivity index (χ2v) is 10.8. The summed E-state index contributed by atoms with van der Waals surface area (Å²) in [7, 11) is 0. The predicted molar refractivity (Wildman–Crippen MR) is 145 cm³/mol. The van der Waals surface area contributed by atoms with Crippen LogP contribution in [0, 0.1) is 10.1 Å². The van der Waals surface area contributed by atoms with Crippen LogP contribution in [0.1, 0.15) is 56.9 Å². The van der Waals surface area contributed by atoms with Gasteiger partial charge in [-0.05, 0) is 69.6 Å². The minimum absolute atomic E-state index is 0.0517. The number of carbonyl (C=O) groups is 1. The van der Waals surface area contributed by atoms with E-state index in [0.717, 1.165) is 43.5 Å². The smallest absolute Gasteiger partial charge is 0.423 e. The van der Waals surface area contributed by atoms with E-state index in [0.29, 0.717) is 57.7 Å². The third-order valence-corrected chi connectivity index (χ3v) is 8.02. The lowest BCUT2D eigenvalue weighted by atomic mass is 9.92. The van der Waals surface area contributed by atoms with Crippen molar-refractivity contribution in [2.24, 2.45) is 0 Å². The van der Waals surface area contributed by atoms with Crippen LogP contribution < -0.4 is 15.0 Å². The molecule has 0 radical (unpaired) electrons. The molecular formula is C28H34F3N5O5. The number of anilines is 2. The molecule has 0 bridgehead atoms. The molecule has 1 aromatic carbocycles. The molecule has 0 unspecified atom stereocenters. The Morgan fingerprint density at radius 1 is 0.976 bits per heavy atom. The zero-order chi connectivity index (χ0) is 29.0. The number of nitro benzene ring substituents is 1. The fourth-order valence-corrected chi connectivity index (χ4v) is 5.77. The van der Waals surface area contributed by atoms with Gasteiger partial charge in [0.05, 0.1) is 4.92 Å². The van der Waals surface area contributed by atoms with E-state index in [-0.39, 0.29) is 30.0 Å². The molecule has 1 amide bonds. The van der Waals surface area contributed by atoms with Gasteiger partial charge < -0.3 is 24.6 Å². The highest BCUT2D eigenvalue weighted by Gasteiger charge is 2.38. The molecule has 41 heavy (non-hydrogen) atoms. The first kappa shape index (κ1) is 28.7. The standard InChI is InChI=1S/C28H34F3N5O5/c29-28(30,31)24-17-20(7-10-25(24)36(38)39)33-19-5-8-23(9-6-19)40-26-18-21(11-12-32-26)34-13-15-35(16-14-34)27(37)41-22-3-1-2-4-22/h7,10-12,17-19,22-23,33H,1-6,8-9,13-16H2/t19-,23-. The number of nitrogens with one attached hydrogen (secondary N) is 1. The summed E-state index contributed by atoms with van der Waals surface area (Å²) in [6.07, 6.45) is 3.46. The maximum Gasteiger partial charge on any atom is 0.423 e. The highest BCUT2D eigenvalue weighted by Crippen LogP contribution is 2.38. The zero-order valence-corrected chi connectivity index (χ0v) is 22.6. The Hall–Kier alpha value is -3.77. The van der Waals surface area contributed by atoms with Crippen LogP contribution in [0.25, 0.3) is 0 Å². The highest BCUT2D eigenvalue weighted by molar-refractivity contribution is 5.68. The molecule has 0 spiro atoms. The van der Waals surface area contributed by atoms with Crippen LogP contribution in [0.15, 0.2) is 36.5 Å². The molecule has 0 atom stereocenters. The van der Waals surface area contributed by atoms with Crippen LogP contribution in [0.2, 0.25) is 0 Å². The summed E-state index contributed by atoms with van der Waals surface area (Å²) in [5, 5.41) is 14.1. The number of aromatic nitrogens is 1. The number of benzene rings is 1. The number of halogens is 3. The monoisotopic (exact) mass is 577 g/mol. The summed E-state index contributed by atoms with van der Waals surface area (Å²) in [5.41, 5.74) is -1.05. The van der Waals surface area contributed by atoms with Crippen molar-refractivity contribution in [1.29, 1.82) is 0 Å². The molecule has 3 aliphatic rings. The van der Waals surface area contributed by atoms with E-state index in [9.17, 15) is 28.1 Å². The van der Waals surface area contributed by atoms with Gasteiger partial charge in [0.2, 0.25) is 5.88 Å². The summed E-state index contributed by atoms with van der Waals surface area (Å²) >= 11 is 0. The lowest BCUT2D eigenvalue weighted by Crippen LogP contribution is -2.49. The van der Waals surface area contributed by atoms with Gasteiger partial charge in [0.15, 0.2) is 0 Å². The Morgan fingerprint density at radius 2 is 1.68 bits per heavy atom. The van der Waals surface area contributed by atoms with Crippen molar-refractivity contribution in [1.82, 2.24) is 9.88 Å². The maximum absolute atomic E-state index is 13.3. The van der Waals surface area contributed by atoms with Crippen molar-refractivity contribution in [3.8, 4) is 5.88 Å². The Morgan fingerprint density at radius 3 is 2.34 bits per heavy atom. The van der Waals surface area contributed by atoms with Gasteiger partial charge in [-0.15, -0.1) is 0 Å². The highest BCUT2D eigenvalue weighted by atomic mass is 19.4. The van der Waals surface area contributed by atoms with Crippen molar-refractivity contribution in [3.05, 3.63) is 52.2 Å². The van der Waals surface area contributed by atoms with Crippen molar-refractivity contribution in [3.63, 3.8) is 0 Å². The van der Waals surface area contributed by atoms with Crippen LogP contribution >= 0.6 is 0 Å². The summed E-state index contributed by atoms with van der Waals surface area (Å²) in [6, 6.07) is 6.73. The fraction of sp³-hybridized carbons (Fsp3) is 0.571. The van der Waals surface area contributed by atoms with Crippen LogP contribution in [0.3, 0.4) is 0 Å². The van der Waals surface area contributed by atoms with Gasteiger partial charge in [-0.25, -0.2) is 9.78 Å². The number of rotatable bonds is 7. The van der Waals surface area contributed by atoms with E-state index in [1.54, 1.807) is 11.1 Å². The average molecular weight is 578 g/mol. The van der Waals surface area contributed by atoms with Crippen LogP contribution in [0.5, 0.6) is 5.88 Å². The van der Waals surface area contributed by atoms with Crippen LogP contribution in [-0.4, -0.2) is 65.3 Å². The molecule has 3 fully saturated rings. The molecule has 2 aliphatic carbocycles. The molecule has 1 aliphatic heterocycles. The third-order valence-electron chi connectivity index (χ3n) is 8.02. The molecule has 1 saturated heterocycles. The number of amides is 1. The quantitative estimate of drug-likeness (QED) is 0.315. The normalized spacial score (nSPS) is 21.9.